The molecule has 33 nitrogen and oxygen atoms in total. The molecule has 1 aromatic carbocycles. The maximum absolute atomic E-state index is 14.0. The van der Waals surface area contributed by atoms with E-state index in [0.717, 1.165) is 13.8 Å². The van der Waals surface area contributed by atoms with E-state index in [-0.39, 0.29) is 12.8 Å². The van der Waals surface area contributed by atoms with Gasteiger partial charge in [-0.15, -0.1) is 0 Å². The standard InChI is InChI=1S/C48H71N13O20/c1-21(2)36(45(77)58-32(19-63)48(80)81)60-43(75)30(15-35(69)70)55-44(76)31(18-62)57-47(79)38(24(5)65)61-42(74)29(13-25-9-7-6-8-10-25)56-46(78)37(23(4)64)59-33(66)17-51-41(73)28(11-12-34(67)68)54-39(71)22(3)53-40(72)27(49)14-26-16-50-20-52-26/h6-10,16,20-24,27-32,36-38,62-65H,11-15,17-19,49H2,1-5H3,(H,50,52)(H,51,73)(H,53,72)(H,54,71)(H,55,76)(H,56,78)(H,57,79)(H,58,77)(H,59,66)(H,60,75)(H,61,74)(H,67,68)(H,69,70)(H,80,81). The minimum absolute atomic E-state index is 0.0367. The number of amides is 10. The van der Waals surface area contributed by atoms with E-state index in [4.69, 9.17) is 5.73 Å². The number of nitrogens with zero attached hydrogens (tertiary/aromatic N) is 1. The zero-order valence-electron chi connectivity index (χ0n) is 44.7. The van der Waals surface area contributed by atoms with Crippen LogP contribution in [0.3, 0.4) is 0 Å². The van der Waals surface area contributed by atoms with Gasteiger partial charge in [0.05, 0.1) is 50.8 Å². The number of aliphatic hydroxyl groups excluding tert-OH is 4. The number of carboxylic acid groups (broad SMARTS) is 3. The van der Waals surface area contributed by atoms with Crippen molar-refractivity contribution in [2.24, 2.45) is 11.7 Å². The topological polar surface area (TPSA) is 539 Å². The number of carbonyl (C=O) groups excluding carboxylic acids is 10. The third-order valence-electron chi connectivity index (χ3n) is 11.7. The molecule has 2 aromatic rings. The lowest BCUT2D eigenvalue weighted by Gasteiger charge is -2.28. The Morgan fingerprint density at radius 2 is 1.05 bits per heavy atom. The van der Waals surface area contributed by atoms with Crippen LogP contribution < -0.4 is 58.9 Å². The molecule has 0 saturated heterocycles. The van der Waals surface area contributed by atoms with Gasteiger partial charge in [0.1, 0.15) is 54.4 Å². The van der Waals surface area contributed by atoms with Gasteiger partial charge in [0.25, 0.3) is 0 Å². The molecule has 2 rings (SSSR count). The summed E-state index contributed by atoms with van der Waals surface area (Å²) < 4.78 is 0. The lowest BCUT2D eigenvalue weighted by atomic mass is 10.0. The minimum atomic E-state index is -2.02. The van der Waals surface area contributed by atoms with Crippen molar-refractivity contribution in [3.63, 3.8) is 0 Å². The Bertz CT molecular complexity index is 2520. The van der Waals surface area contributed by atoms with Crippen LogP contribution >= 0.6 is 0 Å². The van der Waals surface area contributed by atoms with Crippen LogP contribution in [0.4, 0.5) is 0 Å². The van der Waals surface area contributed by atoms with E-state index < -0.39 is 195 Å². The fourth-order valence-electron chi connectivity index (χ4n) is 7.19. The number of hydrogen-bond donors (Lipinski definition) is 19. The molecule has 1 heterocycles. The zero-order valence-corrected chi connectivity index (χ0v) is 44.7. The molecule has 0 aliphatic heterocycles. The first kappa shape index (κ1) is 68.4. The Labute approximate surface area is 462 Å². The van der Waals surface area contributed by atoms with Crippen LogP contribution in [-0.4, -0.2) is 215 Å². The van der Waals surface area contributed by atoms with E-state index in [2.05, 4.69) is 52.5 Å². The van der Waals surface area contributed by atoms with Crippen molar-refractivity contribution >= 4 is 77.0 Å². The second-order valence-corrected chi connectivity index (χ2v) is 18.8. The van der Waals surface area contributed by atoms with Gasteiger partial charge in [-0.05, 0) is 38.7 Å². The molecular formula is C48H71N13O20. The molecular weight excluding hydrogens is 1080 g/mol. The summed E-state index contributed by atoms with van der Waals surface area (Å²) in [6.45, 7) is 3.03. The van der Waals surface area contributed by atoms with E-state index >= 15 is 0 Å². The first-order chi connectivity index (χ1) is 38.0. The Balaban J connectivity index is 2.25. The monoisotopic (exact) mass is 1150 g/mol. The number of nitrogens with two attached hydrogens (primary N) is 1. The van der Waals surface area contributed by atoms with Crippen molar-refractivity contribution in [1.82, 2.24) is 63.1 Å². The van der Waals surface area contributed by atoms with Gasteiger partial charge in [-0.2, -0.15) is 0 Å². The third-order valence-corrected chi connectivity index (χ3v) is 11.7. The Morgan fingerprint density at radius 3 is 1.57 bits per heavy atom. The van der Waals surface area contributed by atoms with Crippen molar-refractivity contribution in [3.05, 3.63) is 54.1 Å². The summed E-state index contributed by atoms with van der Waals surface area (Å²) in [4.78, 5) is 174. The molecule has 20 N–H and O–H groups in total. The number of aromatic amines is 1. The molecule has 0 saturated carbocycles. The number of rotatable bonds is 35. The van der Waals surface area contributed by atoms with E-state index in [1.165, 1.54) is 45.4 Å². The summed E-state index contributed by atoms with van der Waals surface area (Å²) in [5.41, 5.74) is 6.85. The van der Waals surface area contributed by atoms with Crippen molar-refractivity contribution in [2.75, 3.05) is 19.8 Å². The lowest BCUT2D eigenvalue weighted by molar-refractivity contribution is -0.144. The SMILES string of the molecule is CC(NC(=O)C(N)Cc1cnc[nH]1)C(=O)NC(CCC(=O)O)C(=O)NCC(=O)NC(C(=O)NC(Cc1ccccc1)C(=O)NC(C(=O)NC(CO)C(=O)NC(CC(=O)O)C(=O)NC(C(=O)NC(CO)C(=O)O)C(C)C)C(C)O)C(C)O. The molecule has 448 valence electrons. The number of nitrogens with one attached hydrogen (secondary N) is 11. The highest BCUT2D eigenvalue weighted by atomic mass is 16.4. The number of aliphatic carboxylic acids is 3. The van der Waals surface area contributed by atoms with Crippen molar-refractivity contribution < 1.29 is 98.1 Å². The van der Waals surface area contributed by atoms with Gasteiger partial charge in [-0.3, -0.25) is 57.5 Å². The van der Waals surface area contributed by atoms with Crippen LogP contribution in [-0.2, 0) is 75.2 Å². The molecule has 0 fully saturated rings. The summed E-state index contributed by atoms with van der Waals surface area (Å²) in [5.74, 6) is -16.8. The molecule has 0 spiro atoms. The van der Waals surface area contributed by atoms with E-state index in [1.54, 1.807) is 18.2 Å². The van der Waals surface area contributed by atoms with Gasteiger partial charge in [0.15, 0.2) is 0 Å². The summed E-state index contributed by atoms with van der Waals surface area (Å²) in [6.07, 6.45) is -3.26. The highest BCUT2D eigenvalue weighted by Gasteiger charge is 2.37. The highest BCUT2D eigenvalue weighted by Crippen LogP contribution is 2.09. The Kier molecular flexibility index (Phi) is 28.5. The second kappa shape index (κ2) is 33.7. The predicted molar refractivity (Wildman–Crippen MR) is 276 cm³/mol. The van der Waals surface area contributed by atoms with E-state index in [9.17, 15) is 98.1 Å². The first-order valence-corrected chi connectivity index (χ1v) is 25.0. The highest BCUT2D eigenvalue weighted by molar-refractivity contribution is 5.99. The maximum Gasteiger partial charge on any atom is 0.328 e. The van der Waals surface area contributed by atoms with Crippen molar-refractivity contribution in [1.29, 1.82) is 0 Å². The predicted octanol–water partition coefficient (Wildman–Crippen LogP) is -8.15. The summed E-state index contributed by atoms with van der Waals surface area (Å²) in [7, 11) is 0. The van der Waals surface area contributed by atoms with Crippen LogP contribution in [0, 0.1) is 5.92 Å². The van der Waals surface area contributed by atoms with Crippen LogP contribution in [0.25, 0.3) is 0 Å². The fourth-order valence-corrected chi connectivity index (χ4v) is 7.19. The van der Waals surface area contributed by atoms with E-state index in [1.807, 2.05) is 10.6 Å². The van der Waals surface area contributed by atoms with Gasteiger partial charge in [-0.25, -0.2) is 9.78 Å². The van der Waals surface area contributed by atoms with Crippen molar-refractivity contribution in [3.8, 4) is 0 Å². The smallest absolute Gasteiger partial charge is 0.328 e. The normalized spacial score (nSPS) is 15.5. The quantitative estimate of drug-likeness (QED) is 0.0305. The molecule has 0 bridgehead atoms. The molecule has 0 radical (unpaired) electrons. The van der Waals surface area contributed by atoms with Gasteiger partial charge >= 0.3 is 17.9 Å². The summed E-state index contributed by atoms with van der Waals surface area (Å²) >= 11 is 0. The van der Waals surface area contributed by atoms with Crippen molar-refractivity contribution in [2.45, 2.75) is 139 Å². The van der Waals surface area contributed by atoms with Gasteiger partial charge < -0.3 is 99.6 Å². The largest absolute Gasteiger partial charge is 0.481 e. The van der Waals surface area contributed by atoms with Crippen LogP contribution in [0.5, 0.6) is 0 Å². The van der Waals surface area contributed by atoms with Crippen LogP contribution in [0.1, 0.15) is 65.1 Å². The first-order valence-electron chi connectivity index (χ1n) is 25.0. The number of benzene rings is 1. The average Bonchev–Trinajstić information content (AvgIpc) is 3.91. The minimum Gasteiger partial charge on any atom is -0.481 e. The lowest BCUT2D eigenvalue weighted by Crippen LogP contribution is -2.63. The maximum atomic E-state index is 14.0. The molecule has 12 atom stereocenters. The molecule has 33 heteroatoms. The van der Waals surface area contributed by atoms with Gasteiger partial charge in [0, 0.05) is 31.2 Å². The summed E-state index contributed by atoms with van der Waals surface area (Å²) in [6, 6.07) is -9.04. The van der Waals surface area contributed by atoms with Crippen LogP contribution in [0.2, 0.25) is 0 Å². The molecule has 10 amide bonds. The number of aromatic nitrogens is 2. The average molecular weight is 1150 g/mol. The number of carboxylic acids is 3. The molecule has 0 aliphatic rings. The number of carbonyl (C=O) groups is 13. The zero-order chi connectivity index (χ0) is 61.3. The number of H-pyrrole nitrogens is 1. The van der Waals surface area contributed by atoms with E-state index in [0.29, 0.717) is 11.3 Å². The molecule has 1 aromatic heterocycles. The third kappa shape index (κ3) is 23.7. The Hall–Kier alpha value is -8.66. The fraction of sp³-hybridized carbons (Fsp3) is 0.542. The molecule has 0 aliphatic carbocycles. The van der Waals surface area contributed by atoms with Gasteiger partial charge in [0.2, 0.25) is 59.1 Å². The van der Waals surface area contributed by atoms with Crippen LogP contribution in [0.15, 0.2) is 42.9 Å². The summed E-state index contributed by atoms with van der Waals surface area (Å²) in [5, 5.41) is 90.7. The molecule has 81 heavy (non-hydrogen) atoms. The molecule has 12 unspecified atom stereocenters. The number of aliphatic hydroxyl groups is 4. The second-order valence-electron chi connectivity index (χ2n) is 18.8. The Morgan fingerprint density at radius 1 is 0.543 bits per heavy atom. The number of imidazole rings is 1. The van der Waals surface area contributed by atoms with Gasteiger partial charge in [-0.1, -0.05) is 44.2 Å². The number of hydrogen-bond acceptors (Lipinski definition) is 19.